The highest BCUT2D eigenvalue weighted by atomic mass is 127. The summed E-state index contributed by atoms with van der Waals surface area (Å²) in [5, 5.41) is 0. The molecule has 1 aliphatic rings. The van der Waals surface area contributed by atoms with Crippen molar-refractivity contribution < 1.29 is 4.79 Å². The maximum absolute atomic E-state index is 11.0. The quantitative estimate of drug-likeness (QED) is 0.397. The smallest absolute Gasteiger partial charge is 0.196 e. The van der Waals surface area contributed by atoms with Crippen LogP contribution in [0.4, 0.5) is 0 Å². The number of carbonyl (C=O) groups excluding carboxylic acids is 1. The van der Waals surface area contributed by atoms with Crippen molar-refractivity contribution in [3.05, 3.63) is 12.2 Å². The summed E-state index contributed by atoms with van der Waals surface area (Å²) in [7, 11) is 0. The Kier molecular flexibility index (Phi) is 2.89. The highest BCUT2D eigenvalue weighted by Gasteiger charge is 2.22. The third-order valence-corrected chi connectivity index (χ3v) is 2.84. The van der Waals surface area contributed by atoms with Crippen LogP contribution in [0.3, 0.4) is 0 Å². The molecule has 1 nitrogen and oxygen atoms in total. The van der Waals surface area contributed by atoms with E-state index in [2.05, 4.69) is 19.1 Å². The van der Waals surface area contributed by atoms with Gasteiger partial charge in [0, 0.05) is 5.92 Å². The first-order chi connectivity index (χ1) is 4.72. The Morgan fingerprint density at radius 2 is 2.10 bits per heavy atom. The third kappa shape index (κ3) is 1.81. The molecule has 0 N–H and O–H groups in total. The monoisotopic (exact) mass is 250 g/mol. The first-order valence-electron chi connectivity index (χ1n) is 3.56. The van der Waals surface area contributed by atoms with Gasteiger partial charge in [0.05, 0.1) is 0 Å². The van der Waals surface area contributed by atoms with Gasteiger partial charge in [0.1, 0.15) is 0 Å². The van der Waals surface area contributed by atoms with E-state index in [1.807, 2.05) is 22.6 Å². The minimum atomic E-state index is 0.283. The molecule has 0 aromatic carbocycles. The molecule has 0 saturated carbocycles. The molecule has 0 saturated heterocycles. The van der Waals surface area contributed by atoms with Crippen molar-refractivity contribution >= 4 is 26.4 Å². The Labute approximate surface area is 75.0 Å². The molecule has 0 aromatic rings. The van der Waals surface area contributed by atoms with E-state index in [0.717, 1.165) is 12.8 Å². The number of carbonyl (C=O) groups is 1. The van der Waals surface area contributed by atoms with Gasteiger partial charge in [0.15, 0.2) is 3.79 Å². The topological polar surface area (TPSA) is 17.1 Å². The van der Waals surface area contributed by atoms with E-state index in [1.165, 1.54) is 0 Å². The normalized spacial score (nSPS) is 32.2. The van der Waals surface area contributed by atoms with E-state index in [0.29, 0.717) is 9.71 Å². The summed E-state index contributed by atoms with van der Waals surface area (Å²) < 4.78 is 0.314. The largest absolute Gasteiger partial charge is 0.287 e. The van der Waals surface area contributed by atoms with E-state index in [9.17, 15) is 4.79 Å². The van der Waals surface area contributed by atoms with Crippen molar-refractivity contribution in [1.29, 1.82) is 0 Å². The van der Waals surface area contributed by atoms with Crippen molar-refractivity contribution in [3.63, 3.8) is 0 Å². The Balaban J connectivity index is 2.59. The second-order valence-corrected chi connectivity index (χ2v) is 3.89. The molecule has 0 fully saturated rings. The average Bonchev–Trinajstić information content (AvgIpc) is 1.88. The Morgan fingerprint density at radius 3 is 2.50 bits per heavy atom. The maximum atomic E-state index is 11.0. The number of allylic oxidation sites excluding steroid dienone is 2. The molecule has 2 heteroatoms. The summed E-state index contributed by atoms with van der Waals surface area (Å²) in [4.78, 5) is 11.0. The SMILES string of the molecule is CC1CC=CCC1C(=O)I. The van der Waals surface area contributed by atoms with Gasteiger partial charge >= 0.3 is 0 Å². The molecule has 0 heterocycles. The van der Waals surface area contributed by atoms with Crippen LogP contribution in [0.1, 0.15) is 19.8 Å². The van der Waals surface area contributed by atoms with Gasteiger partial charge in [-0.1, -0.05) is 19.1 Å². The summed E-state index contributed by atoms with van der Waals surface area (Å²) in [6, 6.07) is 0. The van der Waals surface area contributed by atoms with Crippen LogP contribution in [-0.2, 0) is 4.79 Å². The van der Waals surface area contributed by atoms with Crippen molar-refractivity contribution in [2.75, 3.05) is 0 Å². The summed E-state index contributed by atoms with van der Waals surface area (Å²) >= 11 is 1.90. The molecule has 1 rings (SSSR count). The molecule has 0 bridgehead atoms. The molecular formula is C8H11IO. The van der Waals surface area contributed by atoms with Gasteiger partial charge in [-0.05, 0) is 41.4 Å². The van der Waals surface area contributed by atoms with Crippen molar-refractivity contribution in [3.8, 4) is 0 Å². The highest BCUT2D eigenvalue weighted by molar-refractivity contribution is 14.1. The minimum Gasteiger partial charge on any atom is -0.287 e. The minimum absolute atomic E-state index is 0.283. The molecule has 0 spiro atoms. The average molecular weight is 250 g/mol. The van der Waals surface area contributed by atoms with Crippen molar-refractivity contribution in [2.45, 2.75) is 19.8 Å². The van der Waals surface area contributed by atoms with Crippen LogP contribution >= 0.6 is 22.6 Å². The van der Waals surface area contributed by atoms with Crippen LogP contribution < -0.4 is 0 Å². The van der Waals surface area contributed by atoms with Crippen LogP contribution in [0.5, 0.6) is 0 Å². The number of hydrogen-bond donors (Lipinski definition) is 0. The molecule has 2 atom stereocenters. The van der Waals surface area contributed by atoms with E-state index in [1.54, 1.807) is 0 Å². The van der Waals surface area contributed by atoms with Crippen molar-refractivity contribution in [1.82, 2.24) is 0 Å². The van der Waals surface area contributed by atoms with Gasteiger partial charge < -0.3 is 0 Å². The fraction of sp³-hybridized carbons (Fsp3) is 0.625. The summed E-state index contributed by atoms with van der Waals surface area (Å²) in [6.45, 7) is 2.14. The fourth-order valence-electron chi connectivity index (χ4n) is 1.27. The molecule has 2 unspecified atom stereocenters. The number of hydrogen-bond acceptors (Lipinski definition) is 1. The van der Waals surface area contributed by atoms with E-state index >= 15 is 0 Å². The molecule has 56 valence electrons. The fourth-order valence-corrected chi connectivity index (χ4v) is 2.13. The van der Waals surface area contributed by atoms with Gasteiger partial charge in [-0.25, -0.2) is 0 Å². The van der Waals surface area contributed by atoms with Gasteiger partial charge in [-0.3, -0.25) is 4.79 Å². The van der Waals surface area contributed by atoms with Gasteiger partial charge in [0.25, 0.3) is 0 Å². The Morgan fingerprint density at radius 1 is 1.50 bits per heavy atom. The standard InChI is InChI=1S/C8H11IO/c1-6-4-2-3-5-7(6)8(9)10/h2-3,6-7H,4-5H2,1H3. The second-order valence-electron chi connectivity index (χ2n) is 2.83. The lowest BCUT2D eigenvalue weighted by atomic mass is 9.86. The summed E-state index contributed by atoms with van der Waals surface area (Å²) in [6.07, 6.45) is 6.30. The second kappa shape index (κ2) is 3.51. The lowest BCUT2D eigenvalue weighted by Crippen LogP contribution is -2.18. The lowest BCUT2D eigenvalue weighted by Gasteiger charge is -2.21. The van der Waals surface area contributed by atoms with Gasteiger partial charge in [-0.15, -0.1) is 0 Å². The Hall–Kier alpha value is 0.140. The first-order valence-corrected chi connectivity index (χ1v) is 4.64. The lowest BCUT2D eigenvalue weighted by molar-refractivity contribution is -0.114. The third-order valence-electron chi connectivity index (χ3n) is 2.04. The zero-order chi connectivity index (χ0) is 7.56. The van der Waals surface area contributed by atoms with Crippen LogP contribution in [0.15, 0.2) is 12.2 Å². The zero-order valence-corrected chi connectivity index (χ0v) is 8.17. The predicted octanol–water partition coefficient (Wildman–Crippen LogP) is 2.55. The van der Waals surface area contributed by atoms with E-state index in [-0.39, 0.29) is 5.92 Å². The molecule has 0 aliphatic heterocycles. The summed E-state index contributed by atoms with van der Waals surface area (Å²) in [5.41, 5.74) is 0. The summed E-state index contributed by atoms with van der Waals surface area (Å²) in [5.74, 6) is 0.833. The van der Waals surface area contributed by atoms with Crippen LogP contribution in [0.25, 0.3) is 0 Å². The van der Waals surface area contributed by atoms with Crippen molar-refractivity contribution in [2.24, 2.45) is 11.8 Å². The molecule has 1 aliphatic carbocycles. The molecule has 0 amide bonds. The van der Waals surface area contributed by atoms with Gasteiger partial charge in [-0.2, -0.15) is 0 Å². The van der Waals surface area contributed by atoms with E-state index in [4.69, 9.17) is 0 Å². The van der Waals surface area contributed by atoms with Crippen LogP contribution in [-0.4, -0.2) is 3.79 Å². The molecule has 0 aromatic heterocycles. The molecular weight excluding hydrogens is 239 g/mol. The molecule has 0 radical (unpaired) electrons. The predicted molar refractivity (Wildman–Crippen MR) is 50.1 cm³/mol. The molecule has 10 heavy (non-hydrogen) atoms. The van der Waals surface area contributed by atoms with Crippen LogP contribution in [0.2, 0.25) is 0 Å². The number of rotatable bonds is 1. The van der Waals surface area contributed by atoms with Crippen LogP contribution in [0, 0.1) is 11.8 Å². The highest BCUT2D eigenvalue weighted by Crippen LogP contribution is 2.27. The van der Waals surface area contributed by atoms with E-state index < -0.39 is 0 Å². The Bertz CT molecular complexity index is 163. The number of halogens is 1. The zero-order valence-electron chi connectivity index (χ0n) is 6.01. The maximum Gasteiger partial charge on any atom is 0.196 e. The van der Waals surface area contributed by atoms with Gasteiger partial charge in [0.2, 0.25) is 0 Å². The first kappa shape index (κ1) is 8.24.